The maximum Gasteiger partial charge on any atom is 0.413 e. The van der Waals surface area contributed by atoms with Crippen LogP contribution in [0.15, 0.2) is 146 Å². The molecule has 8 aromatic heterocycles. The molecular formula is C86H94F4N30O8. The lowest BCUT2D eigenvalue weighted by Crippen LogP contribution is -2.29. The van der Waals surface area contributed by atoms with Crippen LogP contribution in [0, 0.1) is 86.4 Å². The zero-order chi connectivity index (χ0) is 120. The van der Waals surface area contributed by atoms with E-state index in [1.165, 1.54) is 76.8 Å². The van der Waals surface area contributed by atoms with Gasteiger partial charge in [0.25, 0.3) is 0 Å². The summed E-state index contributed by atoms with van der Waals surface area (Å²) >= 11 is 0. The fraction of sp³-hybridized carbons (Fsp3) is 0.209. The fourth-order valence-corrected chi connectivity index (χ4v) is 10.7. The number of carbonyl (C=O) groups is 4. The van der Waals surface area contributed by atoms with Gasteiger partial charge in [-0.15, -0.1) is 0 Å². The summed E-state index contributed by atoms with van der Waals surface area (Å²) in [5, 5.41) is 43.8. The van der Waals surface area contributed by atoms with Gasteiger partial charge in [-0.1, -0.05) is 70.6 Å². The van der Waals surface area contributed by atoms with Gasteiger partial charge >= 0.3 is 24.4 Å². The van der Waals surface area contributed by atoms with Crippen LogP contribution in [-0.4, -0.2) is 164 Å². The minimum atomic E-state index is -3.02. The fourth-order valence-electron chi connectivity index (χ4n) is 10.7. The van der Waals surface area contributed by atoms with Gasteiger partial charge in [-0.05, 0) is 114 Å². The van der Waals surface area contributed by atoms with Crippen LogP contribution in [0.2, 0.25) is 0 Å². The number of nitrogens with two attached hydrogens (primary N) is 6. The van der Waals surface area contributed by atoms with Crippen LogP contribution in [0.25, 0.3) is 0 Å². The van der Waals surface area contributed by atoms with Crippen molar-refractivity contribution in [3.8, 4) is 0 Å². The Kier molecular flexibility index (Phi) is 20.3. The molecule has 0 aliphatic rings. The second-order valence-electron chi connectivity index (χ2n) is 25.4. The zero-order valence-corrected chi connectivity index (χ0v) is 69.6. The molecule has 38 nitrogen and oxygen atoms in total. The van der Waals surface area contributed by atoms with Gasteiger partial charge in [0.05, 0.1) is 86.6 Å². The highest BCUT2D eigenvalue weighted by atomic mass is 19.1. The van der Waals surface area contributed by atoms with Gasteiger partial charge in [-0.2, -0.15) is 0 Å². The molecule has 0 fully saturated rings. The van der Waals surface area contributed by atoms with E-state index in [-0.39, 0.29) is 114 Å². The largest absolute Gasteiger partial charge is 0.452 e. The summed E-state index contributed by atoms with van der Waals surface area (Å²) in [4.78, 5) is 99.0. The first-order valence-electron chi connectivity index (χ1n) is 50.9. The zero-order valence-electron chi connectivity index (χ0n) is 99.6. The average Bonchev–Trinajstić information content (AvgIpc) is 0.752. The number of amides is 4. The highest BCUT2D eigenvalue weighted by Crippen LogP contribution is 2.33. The molecule has 0 radical (unpaired) electrons. The number of nitrogen functional groups attached to an aromatic ring is 6. The second-order valence-corrected chi connectivity index (χ2v) is 25.4. The van der Waals surface area contributed by atoms with Crippen LogP contribution in [0.4, 0.5) is 118 Å². The van der Waals surface area contributed by atoms with Crippen molar-refractivity contribution in [2.75, 3.05) is 132 Å². The average molecular weight is 1780 g/mol. The quantitative estimate of drug-likeness (QED) is 0.0152. The Labute approximate surface area is 774 Å². The Morgan fingerprint density at radius 3 is 0.820 bits per heavy atom. The molecule has 4 amide bonds. The first-order chi connectivity index (χ1) is 73.1. The number of nitrogens with zero attached hydrogens (tertiary/aromatic N) is 16. The number of pyridine rings is 4. The van der Waals surface area contributed by atoms with Crippen molar-refractivity contribution in [1.82, 2.24) is 59.8 Å². The molecule has 4 aromatic carbocycles. The van der Waals surface area contributed by atoms with Crippen LogP contribution < -0.4 is 75.3 Å². The van der Waals surface area contributed by atoms with E-state index in [0.29, 0.717) is 5.69 Å². The maximum absolute atomic E-state index is 15.0. The van der Waals surface area contributed by atoms with Crippen molar-refractivity contribution < 1.29 is 96.8 Å². The van der Waals surface area contributed by atoms with Crippen molar-refractivity contribution in [2.24, 2.45) is 0 Å². The number of hydrogen-bond acceptors (Lipinski definition) is 34. The summed E-state index contributed by atoms with van der Waals surface area (Å²) in [6.45, 7) is -1.24. The SMILES string of the molecule is [2H]c1nc(NC([2H])([2H])c2c([2H])c(C)c([2H])c([2H])c2F)c(C(=N)c2nc(C)c(N(C)C(=O)OC)c(C)n2)c([2H])c1[2H].[2H]c1nc(NC([2H])([2H])c2c([2H])c(C)c([2H])c([2H])c2F)c(C(=N)c2nc(N)c(N(C)C(=O)OC)c(N)n2)c([2H])c1[2H].[2H]c1nc(NC([2H])([2H])c2c([2H])c(C)c([2H])c([2H])c2F)c(C(=N)c2nc(N)c(N(C)C(=O)OC)c(N)n2)c([2H])c1[2H].[2H]c1nc(NCc2c([2H])c(C)c([2H])c([2H])c2F)c(C(=N)c2nc(N)c(N(C)C(=O)OC)c(N)n2)c([2H])c1[2H]. The third-order valence-corrected chi connectivity index (χ3v) is 16.7. The monoisotopic (exact) mass is 1780 g/mol. The van der Waals surface area contributed by atoms with Gasteiger partial charge in [-0.3, -0.25) is 41.2 Å². The van der Waals surface area contributed by atoms with E-state index in [1.807, 2.05) is 0 Å². The lowest BCUT2D eigenvalue weighted by molar-refractivity contribution is 0.179. The van der Waals surface area contributed by atoms with Crippen molar-refractivity contribution >= 4 is 128 Å². The number of anilines is 14. The molecule has 0 aliphatic carbocycles. The molecule has 664 valence electrons. The number of rotatable bonds is 24. The van der Waals surface area contributed by atoms with E-state index in [2.05, 4.69) is 95.3 Å². The van der Waals surface area contributed by atoms with Gasteiger partial charge < -0.3 is 74.6 Å². The summed E-state index contributed by atoms with van der Waals surface area (Å²) in [5.74, 6) is -11.6. The second kappa shape index (κ2) is 42.9. The highest BCUT2D eigenvalue weighted by molar-refractivity contribution is 6.15. The number of hydrogen-bond donors (Lipinski definition) is 14. The van der Waals surface area contributed by atoms with Crippen LogP contribution >= 0.6 is 0 Å². The minimum absolute atomic E-state index is 0.0781. The summed E-state index contributed by atoms with van der Waals surface area (Å²) in [6, 6.07) is -13.8. The van der Waals surface area contributed by atoms with Crippen molar-refractivity contribution in [3.05, 3.63) is 270 Å². The molecule has 20 N–H and O–H groups in total. The number of ether oxygens (including phenoxy) is 4. The Morgan fingerprint density at radius 2 is 0.570 bits per heavy atom. The minimum Gasteiger partial charge on any atom is -0.452 e. The number of nitrogens with one attached hydrogen (secondary N) is 8. The molecule has 12 rings (SSSR count). The number of benzene rings is 4. The summed E-state index contributed by atoms with van der Waals surface area (Å²) in [6.07, 6.45) is -6.16. The molecule has 0 atom stereocenters. The van der Waals surface area contributed by atoms with Gasteiger partial charge in [0.1, 0.15) is 86.4 Å². The topological polar surface area (TPSA) is 572 Å². The third-order valence-electron chi connectivity index (χ3n) is 16.7. The van der Waals surface area contributed by atoms with Crippen LogP contribution in [0.5, 0.6) is 0 Å². The normalized spacial score (nSPS) is 14.2. The number of halogens is 4. The predicted molar refractivity (Wildman–Crippen MR) is 482 cm³/mol. The van der Waals surface area contributed by atoms with Crippen LogP contribution in [0.3, 0.4) is 0 Å². The lowest BCUT2D eigenvalue weighted by atomic mass is 10.1. The molecule has 0 spiro atoms. The van der Waals surface area contributed by atoms with E-state index >= 15 is 0 Å². The van der Waals surface area contributed by atoms with E-state index in [0.717, 1.165) is 40.9 Å². The Hall–Kier alpha value is -16.7. The molecular weight excluding hydrogens is 1660 g/mol. The van der Waals surface area contributed by atoms with E-state index in [9.17, 15) is 36.7 Å². The van der Waals surface area contributed by atoms with Gasteiger partial charge in [0, 0.05) is 123 Å². The van der Waals surface area contributed by atoms with Crippen molar-refractivity contribution in [2.45, 2.75) is 67.6 Å². The number of aromatic nitrogens is 12. The predicted octanol–water partition coefficient (Wildman–Crippen LogP) is 12.3. The summed E-state index contributed by atoms with van der Waals surface area (Å²) in [5.41, 5.74) is 27.9. The molecule has 42 heteroatoms. The summed E-state index contributed by atoms with van der Waals surface area (Å²) < 4.78 is 321. The van der Waals surface area contributed by atoms with Crippen LogP contribution in [0.1, 0.15) is 143 Å². The number of aryl methyl sites for hydroxylation is 2. The molecule has 0 aliphatic heterocycles. The van der Waals surface area contributed by atoms with Gasteiger partial charge in [0.15, 0.2) is 58.2 Å². The van der Waals surface area contributed by atoms with E-state index in [4.69, 9.17) is 102 Å². The van der Waals surface area contributed by atoms with Crippen LogP contribution in [-0.2, 0) is 45.0 Å². The molecule has 8 heterocycles. The summed E-state index contributed by atoms with van der Waals surface area (Å²) in [7, 11) is 9.86. The first-order valence-corrected chi connectivity index (χ1v) is 35.9. The van der Waals surface area contributed by atoms with Gasteiger partial charge in [-0.25, -0.2) is 96.5 Å². The molecule has 12 aromatic rings. The lowest BCUT2D eigenvalue weighted by Gasteiger charge is -2.20. The number of carbonyl (C=O) groups excluding carboxylic acids is 4. The first kappa shape index (κ1) is 60.7. The highest BCUT2D eigenvalue weighted by Gasteiger charge is 2.29. The molecule has 0 unspecified atom stereocenters. The molecule has 0 saturated carbocycles. The van der Waals surface area contributed by atoms with E-state index < -0.39 is 304 Å². The Balaban J connectivity index is 0.000000233. The van der Waals surface area contributed by atoms with Crippen molar-refractivity contribution in [1.29, 1.82) is 21.6 Å². The van der Waals surface area contributed by atoms with Gasteiger partial charge in [0.2, 0.25) is 0 Å². The number of methoxy groups -OCH3 is 4. The maximum atomic E-state index is 15.0. The smallest absolute Gasteiger partial charge is 0.413 e. The Bertz CT molecular complexity index is 7270. The van der Waals surface area contributed by atoms with E-state index in [1.54, 1.807) is 0 Å². The standard InChI is InChI=1S/C23H25FN6O2.3C21H23FN8O2/c1-13-8-9-18(24)16(11-13)12-27-21-17(7-6-10-26-21)19(25)22-28-14(2)20(15(3)29-22)30(4)23(31)32-5;3*1-11-6-7-14(22)12(9-11)10-27-19-13(5-4-8-26-19)15(23)20-28-17(24)16(18(25)29-20)30(2)21(31)32-3/h6-11,25H,12H2,1-5H3,(H,26,27);3*4-9,23H,10H2,1-3H3,(H,26,27)(H4,24,25,28,29)/i6D,7D,8D,9D,10D,11D,12D2;2*4D,5D,6D,7D,8D,9D,10D2;4D,5D,6D,7D,8D,9D. The molecule has 128 heavy (non-hydrogen) atoms. The molecule has 0 bridgehead atoms. The third kappa shape index (κ3) is 23.1. The van der Waals surface area contributed by atoms with Crippen molar-refractivity contribution in [3.63, 3.8) is 0 Å². The Morgan fingerprint density at radius 1 is 0.352 bits per heavy atom. The molecule has 0 saturated heterocycles.